The van der Waals surface area contributed by atoms with Gasteiger partial charge in [-0.25, -0.2) is 4.39 Å². The highest BCUT2D eigenvalue weighted by Crippen LogP contribution is 2.32. The van der Waals surface area contributed by atoms with Crippen LogP contribution < -0.4 is 0 Å². The van der Waals surface area contributed by atoms with Gasteiger partial charge in [0.2, 0.25) is 0 Å². The fraction of sp³-hybridized carbons (Fsp3) is 0.500. The number of hydrogen-bond acceptors (Lipinski definition) is 1. The van der Waals surface area contributed by atoms with Gasteiger partial charge >= 0.3 is 0 Å². The zero-order valence-electron chi connectivity index (χ0n) is 8.17. The van der Waals surface area contributed by atoms with Gasteiger partial charge in [0, 0.05) is 6.42 Å². The van der Waals surface area contributed by atoms with E-state index < -0.39 is 5.60 Å². The van der Waals surface area contributed by atoms with Crippen LogP contribution in [-0.2, 0) is 6.42 Å². The zero-order chi connectivity index (χ0) is 10.0. The van der Waals surface area contributed by atoms with Crippen LogP contribution >= 0.6 is 0 Å². The Morgan fingerprint density at radius 2 is 1.86 bits per heavy atom. The summed E-state index contributed by atoms with van der Waals surface area (Å²) in [4.78, 5) is 0. The summed E-state index contributed by atoms with van der Waals surface area (Å²) in [6, 6.07) is 6.70. The lowest BCUT2D eigenvalue weighted by molar-refractivity contribution is 0.0473. The molecule has 2 rings (SSSR count). The Bertz CT molecular complexity index is 316. The van der Waals surface area contributed by atoms with Gasteiger partial charge in [0.05, 0.1) is 5.60 Å². The third-order valence-electron chi connectivity index (χ3n) is 3.01. The first-order valence-electron chi connectivity index (χ1n) is 5.15. The van der Waals surface area contributed by atoms with Crippen molar-refractivity contribution in [2.24, 2.45) is 0 Å². The Balaban J connectivity index is 2.14. The minimum atomic E-state index is -0.651. The molecule has 1 aromatic rings. The monoisotopic (exact) mass is 194 g/mol. The summed E-state index contributed by atoms with van der Waals surface area (Å²) in [5.74, 6) is -0.201. The Kier molecular flexibility index (Phi) is 2.55. The van der Waals surface area contributed by atoms with Crippen LogP contribution in [0.5, 0.6) is 0 Å². The van der Waals surface area contributed by atoms with Crippen molar-refractivity contribution in [2.45, 2.75) is 37.7 Å². The van der Waals surface area contributed by atoms with Crippen LogP contribution in [0.3, 0.4) is 0 Å². The first-order valence-corrected chi connectivity index (χ1v) is 5.15. The van der Waals surface area contributed by atoms with Crippen LogP contribution in [0, 0.1) is 5.82 Å². The Labute approximate surface area is 83.6 Å². The van der Waals surface area contributed by atoms with Gasteiger partial charge in [0.25, 0.3) is 0 Å². The van der Waals surface area contributed by atoms with Crippen LogP contribution in [0.1, 0.15) is 31.2 Å². The van der Waals surface area contributed by atoms with E-state index in [9.17, 15) is 9.50 Å². The highest BCUT2D eigenvalue weighted by molar-refractivity contribution is 5.19. The number of benzene rings is 1. The van der Waals surface area contributed by atoms with Crippen LogP contribution in [-0.4, -0.2) is 10.7 Å². The fourth-order valence-electron chi connectivity index (χ4n) is 2.21. The molecule has 1 nitrogen and oxygen atoms in total. The van der Waals surface area contributed by atoms with Gasteiger partial charge in [-0.2, -0.15) is 0 Å². The molecule has 0 amide bonds. The van der Waals surface area contributed by atoms with E-state index in [0.29, 0.717) is 12.0 Å². The van der Waals surface area contributed by atoms with E-state index in [4.69, 9.17) is 0 Å². The maximum atomic E-state index is 13.3. The molecular weight excluding hydrogens is 179 g/mol. The molecule has 1 aromatic carbocycles. The lowest BCUT2D eigenvalue weighted by Gasteiger charge is -2.22. The van der Waals surface area contributed by atoms with Gasteiger partial charge in [0.1, 0.15) is 5.82 Å². The molecule has 0 aliphatic heterocycles. The summed E-state index contributed by atoms with van der Waals surface area (Å²) >= 11 is 0. The fourth-order valence-corrected chi connectivity index (χ4v) is 2.21. The molecule has 1 aliphatic rings. The van der Waals surface area contributed by atoms with Gasteiger partial charge in [0.15, 0.2) is 0 Å². The summed E-state index contributed by atoms with van der Waals surface area (Å²) in [7, 11) is 0. The average molecular weight is 194 g/mol. The molecule has 1 fully saturated rings. The molecule has 14 heavy (non-hydrogen) atoms. The van der Waals surface area contributed by atoms with Gasteiger partial charge in [-0.1, -0.05) is 31.0 Å². The summed E-state index contributed by atoms with van der Waals surface area (Å²) in [5, 5.41) is 10.1. The van der Waals surface area contributed by atoms with E-state index in [1.165, 1.54) is 6.07 Å². The molecule has 0 aromatic heterocycles. The van der Waals surface area contributed by atoms with Crippen molar-refractivity contribution < 1.29 is 9.50 Å². The second-order valence-electron chi connectivity index (χ2n) is 4.20. The van der Waals surface area contributed by atoms with Gasteiger partial charge < -0.3 is 5.11 Å². The number of aliphatic hydroxyl groups is 1. The number of rotatable bonds is 2. The minimum absolute atomic E-state index is 0.201. The predicted molar refractivity (Wildman–Crippen MR) is 53.5 cm³/mol. The minimum Gasteiger partial charge on any atom is -0.390 e. The smallest absolute Gasteiger partial charge is 0.126 e. The van der Waals surface area contributed by atoms with Crippen LogP contribution in [0.15, 0.2) is 24.3 Å². The van der Waals surface area contributed by atoms with Gasteiger partial charge in [-0.05, 0) is 24.5 Å². The number of hydrogen-bond donors (Lipinski definition) is 1. The van der Waals surface area contributed by atoms with Crippen molar-refractivity contribution in [1.29, 1.82) is 0 Å². The first kappa shape index (κ1) is 9.66. The topological polar surface area (TPSA) is 20.2 Å². The maximum absolute atomic E-state index is 13.3. The number of halogens is 1. The second kappa shape index (κ2) is 3.70. The van der Waals surface area contributed by atoms with Crippen LogP contribution in [0.2, 0.25) is 0 Å². The SMILES string of the molecule is OC1(Cc2ccccc2F)CCCC1. The molecule has 76 valence electrons. The van der Waals surface area contributed by atoms with Gasteiger partial charge in [-0.15, -0.1) is 0 Å². The Hall–Kier alpha value is -0.890. The Morgan fingerprint density at radius 1 is 1.21 bits per heavy atom. The van der Waals surface area contributed by atoms with Crippen molar-refractivity contribution in [1.82, 2.24) is 0 Å². The third-order valence-corrected chi connectivity index (χ3v) is 3.01. The van der Waals surface area contributed by atoms with Crippen LogP contribution in [0.25, 0.3) is 0 Å². The van der Waals surface area contributed by atoms with Crippen molar-refractivity contribution in [2.75, 3.05) is 0 Å². The lowest BCUT2D eigenvalue weighted by atomic mass is 9.93. The van der Waals surface area contributed by atoms with Gasteiger partial charge in [-0.3, -0.25) is 0 Å². The zero-order valence-corrected chi connectivity index (χ0v) is 8.17. The largest absolute Gasteiger partial charge is 0.390 e. The van der Waals surface area contributed by atoms with E-state index >= 15 is 0 Å². The van der Waals surface area contributed by atoms with Crippen LogP contribution in [0.4, 0.5) is 4.39 Å². The molecule has 1 aliphatic carbocycles. The molecule has 1 N–H and O–H groups in total. The second-order valence-corrected chi connectivity index (χ2v) is 4.20. The van der Waals surface area contributed by atoms with E-state index in [2.05, 4.69) is 0 Å². The van der Waals surface area contributed by atoms with E-state index in [-0.39, 0.29) is 5.82 Å². The van der Waals surface area contributed by atoms with Crippen molar-refractivity contribution in [3.8, 4) is 0 Å². The normalized spacial score (nSPS) is 19.9. The van der Waals surface area contributed by atoms with E-state index in [1.54, 1.807) is 12.1 Å². The average Bonchev–Trinajstić information content (AvgIpc) is 2.57. The summed E-state index contributed by atoms with van der Waals surface area (Å²) < 4.78 is 13.3. The molecule has 0 saturated heterocycles. The summed E-state index contributed by atoms with van der Waals surface area (Å²) in [6.45, 7) is 0. The molecule has 0 unspecified atom stereocenters. The summed E-state index contributed by atoms with van der Waals surface area (Å²) in [5.41, 5.74) is -0.0146. The molecule has 0 bridgehead atoms. The molecule has 0 atom stereocenters. The maximum Gasteiger partial charge on any atom is 0.126 e. The van der Waals surface area contributed by atoms with Crippen molar-refractivity contribution >= 4 is 0 Å². The standard InChI is InChI=1S/C12H15FO/c13-11-6-2-1-5-10(11)9-12(14)7-3-4-8-12/h1-2,5-6,14H,3-4,7-9H2. The lowest BCUT2D eigenvalue weighted by Crippen LogP contribution is -2.27. The molecule has 0 spiro atoms. The van der Waals surface area contributed by atoms with E-state index in [1.807, 2.05) is 6.07 Å². The van der Waals surface area contributed by atoms with Crippen molar-refractivity contribution in [3.05, 3.63) is 35.6 Å². The highest BCUT2D eigenvalue weighted by atomic mass is 19.1. The Morgan fingerprint density at radius 3 is 2.50 bits per heavy atom. The third kappa shape index (κ3) is 1.95. The molecular formula is C12H15FO. The molecule has 2 heteroatoms. The quantitative estimate of drug-likeness (QED) is 0.767. The predicted octanol–water partition coefficient (Wildman–Crippen LogP) is 2.67. The first-order chi connectivity index (χ1) is 6.70. The van der Waals surface area contributed by atoms with E-state index in [0.717, 1.165) is 25.7 Å². The highest BCUT2D eigenvalue weighted by Gasteiger charge is 2.31. The molecule has 0 radical (unpaired) electrons. The molecule has 1 saturated carbocycles. The summed E-state index contributed by atoms with van der Waals surface area (Å²) in [6.07, 6.45) is 4.19. The van der Waals surface area contributed by atoms with Crippen molar-refractivity contribution in [3.63, 3.8) is 0 Å². The molecule has 0 heterocycles.